The Morgan fingerprint density at radius 3 is 2.60 bits per heavy atom. The summed E-state index contributed by atoms with van der Waals surface area (Å²) in [4.78, 5) is 23.4. The van der Waals surface area contributed by atoms with E-state index in [4.69, 9.17) is 0 Å². The predicted octanol–water partition coefficient (Wildman–Crippen LogP) is 1.35. The Bertz CT molecular complexity index is 508. The molecule has 2 rings (SSSR count). The number of aryl methyl sites for hydroxylation is 1. The van der Waals surface area contributed by atoms with Crippen molar-refractivity contribution in [1.82, 2.24) is 5.32 Å². The summed E-state index contributed by atoms with van der Waals surface area (Å²) in [5.41, 5.74) is 0.743. The van der Waals surface area contributed by atoms with Gasteiger partial charge in [0.1, 0.15) is 0 Å². The van der Waals surface area contributed by atoms with Crippen molar-refractivity contribution in [2.24, 2.45) is 0 Å². The number of nitrogens with one attached hydrogen (secondary N) is 2. The minimum absolute atomic E-state index is 0.132. The average Bonchev–Trinajstić information content (AvgIpc) is 2.83. The smallest absolute Gasteiger partial charge is 0.313 e. The minimum atomic E-state index is -0.848. The van der Waals surface area contributed by atoms with Crippen molar-refractivity contribution >= 4 is 17.5 Å². The van der Waals surface area contributed by atoms with Crippen molar-refractivity contribution in [2.75, 3.05) is 11.9 Å². The molecule has 1 aliphatic carbocycles. The molecule has 2 amide bonds. The van der Waals surface area contributed by atoms with Gasteiger partial charge in [0.05, 0.1) is 5.60 Å². The van der Waals surface area contributed by atoms with Crippen molar-refractivity contribution in [1.29, 1.82) is 0 Å². The Hall–Kier alpha value is -1.88. The van der Waals surface area contributed by atoms with Gasteiger partial charge in [0.2, 0.25) is 0 Å². The lowest BCUT2D eigenvalue weighted by Gasteiger charge is -2.22. The van der Waals surface area contributed by atoms with E-state index in [1.807, 2.05) is 19.1 Å². The van der Waals surface area contributed by atoms with E-state index in [0.29, 0.717) is 18.5 Å². The fraction of sp³-hybridized carbons (Fsp3) is 0.467. The van der Waals surface area contributed by atoms with Crippen LogP contribution in [0.25, 0.3) is 0 Å². The average molecular weight is 276 g/mol. The summed E-state index contributed by atoms with van der Waals surface area (Å²) in [5.74, 6) is -1.43. The molecule has 0 atom stereocenters. The number of rotatable bonds is 3. The predicted molar refractivity (Wildman–Crippen MR) is 76.2 cm³/mol. The van der Waals surface area contributed by atoms with E-state index < -0.39 is 17.4 Å². The van der Waals surface area contributed by atoms with Gasteiger partial charge in [-0.15, -0.1) is 0 Å². The molecule has 1 aromatic rings. The van der Waals surface area contributed by atoms with E-state index in [2.05, 4.69) is 10.6 Å². The fourth-order valence-corrected chi connectivity index (χ4v) is 2.45. The topological polar surface area (TPSA) is 78.4 Å². The Labute approximate surface area is 118 Å². The maximum absolute atomic E-state index is 11.7. The van der Waals surface area contributed by atoms with Crippen LogP contribution in [0.15, 0.2) is 24.3 Å². The molecule has 0 spiro atoms. The highest BCUT2D eigenvalue weighted by Crippen LogP contribution is 2.28. The third-order valence-electron chi connectivity index (χ3n) is 3.59. The van der Waals surface area contributed by atoms with Crippen LogP contribution in [0, 0.1) is 6.92 Å². The second-order valence-electron chi connectivity index (χ2n) is 5.44. The molecule has 1 aliphatic rings. The Balaban J connectivity index is 1.84. The van der Waals surface area contributed by atoms with Gasteiger partial charge in [-0.05, 0) is 37.5 Å². The van der Waals surface area contributed by atoms with Gasteiger partial charge >= 0.3 is 11.8 Å². The second kappa shape index (κ2) is 6.05. The zero-order chi connectivity index (χ0) is 14.6. The summed E-state index contributed by atoms with van der Waals surface area (Å²) < 4.78 is 0. The van der Waals surface area contributed by atoms with Crippen molar-refractivity contribution in [3.8, 4) is 0 Å². The standard InChI is InChI=1S/C15H20N2O3/c1-11-5-4-6-12(9-11)17-14(19)13(18)16-10-15(20)7-2-3-8-15/h4-6,9,20H,2-3,7-8,10H2,1H3,(H,16,18)(H,17,19). The molecule has 1 aromatic carbocycles. The molecule has 1 saturated carbocycles. The lowest BCUT2D eigenvalue weighted by molar-refractivity contribution is -0.136. The first-order chi connectivity index (χ1) is 9.48. The van der Waals surface area contributed by atoms with Crippen molar-refractivity contribution in [3.63, 3.8) is 0 Å². The lowest BCUT2D eigenvalue weighted by atomic mass is 10.0. The normalized spacial score (nSPS) is 16.7. The van der Waals surface area contributed by atoms with Crippen molar-refractivity contribution in [2.45, 2.75) is 38.2 Å². The quantitative estimate of drug-likeness (QED) is 0.729. The number of aliphatic hydroxyl groups is 1. The van der Waals surface area contributed by atoms with Crippen molar-refractivity contribution < 1.29 is 14.7 Å². The SMILES string of the molecule is Cc1cccc(NC(=O)C(=O)NCC2(O)CCCC2)c1. The van der Waals surface area contributed by atoms with Gasteiger partial charge in [0.15, 0.2) is 0 Å². The largest absolute Gasteiger partial charge is 0.388 e. The lowest BCUT2D eigenvalue weighted by Crippen LogP contribution is -2.44. The molecule has 108 valence electrons. The van der Waals surface area contributed by atoms with E-state index in [1.54, 1.807) is 12.1 Å². The van der Waals surface area contributed by atoms with Gasteiger partial charge in [-0.3, -0.25) is 9.59 Å². The highest BCUT2D eigenvalue weighted by molar-refractivity contribution is 6.39. The summed E-state index contributed by atoms with van der Waals surface area (Å²) in [6.07, 6.45) is 3.27. The number of hydrogen-bond acceptors (Lipinski definition) is 3. The highest BCUT2D eigenvalue weighted by Gasteiger charge is 2.31. The van der Waals surface area contributed by atoms with Crippen molar-refractivity contribution in [3.05, 3.63) is 29.8 Å². The molecule has 0 radical (unpaired) electrons. The third-order valence-corrected chi connectivity index (χ3v) is 3.59. The zero-order valence-electron chi connectivity index (χ0n) is 11.6. The summed E-state index contributed by atoms with van der Waals surface area (Å²) in [6.45, 7) is 2.04. The number of anilines is 1. The summed E-state index contributed by atoms with van der Waals surface area (Å²) in [7, 11) is 0. The summed E-state index contributed by atoms with van der Waals surface area (Å²) in [6, 6.07) is 7.23. The molecule has 0 heterocycles. The molecule has 0 bridgehead atoms. The van der Waals surface area contributed by atoms with E-state index >= 15 is 0 Å². The monoisotopic (exact) mass is 276 g/mol. The molecule has 20 heavy (non-hydrogen) atoms. The van der Waals surface area contributed by atoms with Crippen LogP contribution in [0.1, 0.15) is 31.2 Å². The van der Waals surface area contributed by atoms with E-state index in [0.717, 1.165) is 18.4 Å². The number of carbonyl (C=O) groups excluding carboxylic acids is 2. The number of benzene rings is 1. The zero-order valence-corrected chi connectivity index (χ0v) is 11.6. The first-order valence-electron chi connectivity index (χ1n) is 6.87. The molecule has 3 N–H and O–H groups in total. The number of amides is 2. The van der Waals surface area contributed by atoms with Crippen LogP contribution in [0.2, 0.25) is 0 Å². The molecular weight excluding hydrogens is 256 g/mol. The molecule has 5 heteroatoms. The number of carbonyl (C=O) groups is 2. The summed E-state index contributed by atoms with van der Waals surface area (Å²) >= 11 is 0. The van der Waals surface area contributed by atoms with Gasteiger partial charge in [-0.1, -0.05) is 25.0 Å². The Morgan fingerprint density at radius 1 is 1.25 bits per heavy atom. The van der Waals surface area contributed by atoms with Crippen LogP contribution < -0.4 is 10.6 Å². The molecule has 1 fully saturated rings. The molecule has 0 aliphatic heterocycles. The third kappa shape index (κ3) is 3.81. The van der Waals surface area contributed by atoms with Gasteiger partial charge in [0, 0.05) is 12.2 Å². The maximum Gasteiger partial charge on any atom is 0.313 e. The van der Waals surface area contributed by atoms with Gasteiger partial charge in [0.25, 0.3) is 0 Å². The fourth-order valence-electron chi connectivity index (χ4n) is 2.45. The number of hydrogen-bond donors (Lipinski definition) is 3. The highest BCUT2D eigenvalue weighted by atomic mass is 16.3. The van der Waals surface area contributed by atoms with E-state index in [9.17, 15) is 14.7 Å². The maximum atomic E-state index is 11.7. The first kappa shape index (κ1) is 14.5. The van der Waals surface area contributed by atoms with Gasteiger partial charge < -0.3 is 15.7 Å². The minimum Gasteiger partial charge on any atom is -0.388 e. The molecular formula is C15H20N2O3. The second-order valence-corrected chi connectivity index (χ2v) is 5.44. The van der Waals surface area contributed by atoms with Crippen LogP contribution in [-0.4, -0.2) is 29.1 Å². The van der Waals surface area contributed by atoms with Crippen LogP contribution in [0.3, 0.4) is 0 Å². The van der Waals surface area contributed by atoms with Crippen LogP contribution >= 0.6 is 0 Å². The Kier molecular flexibility index (Phi) is 4.39. The first-order valence-corrected chi connectivity index (χ1v) is 6.87. The molecule has 0 unspecified atom stereocenters. The van der Waals surface area contributed by atoms with E-state index in [1.165, 1.54) is 0 Å². The van der Waals surface area contributed by atoms with Crippen LogP contribution in [0.4, 0.5) is 5.69 Å². The van der Waals surface area contributed by atoms with Gasteiger partial charge in [-0.2, -0.15) is 0 Å². The van der Waals surface area contributed by atoms with Crippen LogP contribution in [0.5, 0.6) is 0 Å². The van der Waals surface area contributed by atoms with Gasteiger partial charge in [-0.25, -0.2) is 0 Å². The Morgan fingerprint density at radius 2 is 1.95 bits per heavy atom. The van der Waals surface area contributed by atoms with E-state index in [-0.39, 0.29) is 6.54 Å². The molecule has 0 saturated heterocycles. The molecule has 5 nitrogen and oxygen atoms in total. The van der Waals surface area contributed by atoms with Crippen LogP contribution in [-0.2, 0) is 9.59 Å². The summed E-state index contributed by atoms with van der Waals surface area (Å²) in [5, 5.41) is 15.1. The molecule has 0 aromatic heterocycles.